The number of carbonyl (C=O) groups excluding carboxylic acids is 1. The zero-order valence-electron chi connectivity index (χ0n) is 8.98. The molecule has 1 aromatic carbocycles. The topological polar surface area (TPSA) is 58.6 Å². The van der Waals surface area contributed by atoms with E-state index in [9.17, 15) is 9.90 Å². The van der Waals surface area contributed by atoms with Crippen LogP contribution in [-0.2, 0) is 4.74 Å². The van der Waals surface area contributed by atoms with Crippen molar-refractivity contribution in [2.24, 2.45) is 0 Å². The van der Waals surface area contributed by atoms with Gasteiger partial charge in [-0.05, 0) is 31.0 Å². The van der Waals surface area contributed by atoms with Crippen molar-refractivity contribution in [3.63, 3.8) is 0 Å². The molecule has 86 valence electrons. The van der Waals surface area contributed by atoms with Gasteiger partial charge in [0.05, 0.1) is 0 Å². The standard InChI is InChI=1S/C12H15NO3/c14-11-3-1-2-9(8-11)12(15)13-10-4-6-16-7-5-10/h1-3,8,10,14H,4-7H2,(H,13,15). The van der Waals surface area contributed by atoms with E-state index in [2.05, 4.69) is 5.32 Å². The van der Waals surface area contributed by atoms with E-state index in [1.807, 2.05) is 0 Å². The minimum absolute atomic E-state index is 0.111. The highest BCUT2D eigenvalue weighted by atomic mass is 16.5. The van der Waals surface area contributed by atoms with Gasteiger partial charge in [0.2, 0.25) is 0 Å². The Kier molecular flexibility index (Phi) is 3.41. The maximum absolute atomic E-state index is 11.8. The lowest BCUT2D eigenvalue weighted by Gasteiger charge is -2.23. The summed E-state index contributed by atoms with van der Waals surface area (Å²) >= 11 is 0. The highest BCUT2D eigenvalue weighted by Gasteiger charge is 2.16. The van der Waals surface area contributed by atoms with Gasteiger partial charge in [0, 0.05) is 24.8 Å². The number of benzene rings is 1. The molecule has 0 saturated carbocycles. The normalized spacial score (nSPS) is 17.0. The molecular formula is C12H15NO3. The van der Waals surface area contributed by atoms with Crippen molar-refractivity contribution < 1.29 is 14.6 Å². The Morgan fingerprint density at radius 1 is 1.38 bits per heavy atom. The first kappa shape index (κ1) is 11.0. The van der Waals surface area contributed by atoms with Crippen molar-refractivity contribution in [1.29, 1.82) is 0 Å². The minimum Gasteiger partial charge on any atom is -0.508 e. The number of carbonyl (C=O) groups is 1. The molecule has 0 bridgehead atoms. The molecule has 1 fully saturated rings. The van der Waals surface area contributed by atoms with E-state index < -0.39 is 0 Å². The van der Waals surface area contributed by atoms with Crippen LogP contribution in [0.2, 0.25) is 0 Å². The van der Waals surface area contributed by atoms with Gasteiger partial charge in [-0.25, -0.2) is 0 Å². The molecule has 1 heterocycles. The van der Waals surface area contributed by atoms with Crippen LogP contribution >= 0.6 is 0 Å². The van der Waals surface area contributed by atoms with Crippen molar-refractivity contribution in [2.45, 2.75) is 18.9 Å². The second-order valence-electron chi connectivity index (χ2n) is 3.91. The molecule has 1 amide bonds. The number of ether oxygens (including phenoxy) is 1. The van der Waals surface area contributed by atoms with Crippen LogP contribution in [0.3, 0.4) is 0 Å². The van der Waals surface area contributed by atoms with Gasteiger partial charge in [0.25, 0.3) is 5.91 Å². The van der Waals surface area contributed by atoms with Gasteiger partial charge in [0.1, 0.15) is 5.75 Å². The fourth-order valence-corrected chi connectivity index (χ4v) is 1.76. The van der Waals surface area contributed by atoms with Gasteiger partial charge in [-0.15, -0.1) is 0 Å². The van der Waals surface area contributed by atoms with E-state index in [0.29, 0.717) is 18.8 Å². The maximum Gasteiger partial charge on any atom is 0.251 e. The van der Waals surface area contributed by atoms with E-state index in [-0.39, 0.29) is 17.7 Å². The van der Waals surface area contributed by atoms with Crippen LogP contribution in [0.4, 0.5) is 0 Å². The molecule has 1 saturated heterocycles. The zero-order chi connectivity index (χ0) is 11.4. The summed E-state index contributed by atoms with van der Waals surface area (Å²) in [5.74, 6) is -0.0255. The monoisotopic (exact) mass is 221 g/mol. The number of hydrogen-bond donors (Lipinski definition) is 2. The molecule has 0 spiro atoms. The SMILES string of the molecule is O=C(NC1CCOCC1)c1cccc(O)c1. The molecule has 2 rings (SSSR count). The van der Waals surface area contributed by atoms with Crippen LogP contribution in [0, 0.1) is 0 Å². The van der Waals surface area contributed by atoms with Gasteiger partial charge < -0.3 is 15.2 Å². The first-order valence-corrected chi connectivity index (χ1v) is 5.43. The molecule has 1 aliphatic heterocycles. The predicted octanol–water partition coefficient (Wildman–Crippen LogP) is 1.30. The van der Waals surface area contributed by atoms with Crippen LogP contribution in [0.5, 0.6) is 5.75 Å². The number of amides is 1. The zero-order valence-corrected chi connectivity index (χ0v) is 8.98. The van der Waals surface area contributed by atoms with Gasteiger partial charge in [-0.3, -0.25) is 4.79 Å². The van der Waals surface area contributed by atoms with Crippen molar-refractivity contribution in [1.82, 2.24) is 5.32 Å². The third-order valence-corrected chi connectivity index (χ3v) is 2.66. The number of phenolic OH excluding ortho intramolecular Hbond substituents is 1. The van der Waals surface area contributed by atoms with Crippen LogP contribution in [-0.4, -0.2) is 30.3 Å². The molecule has 0 atom stereocenters. The Labute approximate surface area is 94.2 Å². The Balaban J connectivity index is 1.97. The van der Waals surface area contributed by atoms with Gasteiger partial charge in [-0.1, -0.05) is 6.07 Å². The average Bonchev–Trinajstić information content (AvgIpc) is 2.30. The quantitative estimate of drug-likeness (QED) is 0.791. The molecule has 4 heteroatoms. The van der Waals surface area contributed by atoms with Crippen LogP contribution < -0.4 is 5.32 Å². The van der Waals surface area contributed by atoms with Gasteiger partial charge >= 0.3 is 0 Å². The maximum atomic E-state index is 11.8. The molecule has 16 heavy (non-hydrogen) atoms. The van der Waals surface area contributed by atoms with E-state index in [1.165, 1.54) is 6.07 Å². The van der Waals surface area contributed by atoms with Crippen molar-refractivity contribution in [3.8, 4) is 5.75 Å². The lowest BCUT2D eigenvalue weighted by atomic mass is 10.1. The fraction of sp³-hybridized carbons (Fsp3) is 0.417. The van der Waals surface area contributed by atoms with E-state index >= 15 is 0 Å². The van der Waals surface area contributed by atoms with Crippen molar-refractivity contribution >= 4 is 5.91 Å². The third kappa shape index (κ3) is 2.73. The summed E-state index contributed by atoms with van der Waals surface area (Å²) in [6.07, 6.45) is 1.70. The lowest BCUT2D eigenvalue weighted by molar-refractivity contribution is 0.0696. The highest BCUT2D eigenvalue weighted by molar-refractivity contribution is 5.94. The summed E-state index contributed by atoms with van der Waals surface area (Å²) in [7, 11) is 0. The first-order chi connectivity index (χ1) is 7.75. The summed E-state index contributed by atoms with van der Waals surface area (Å²) in [6, 6.07) is 6.55. The number of rotatable bonds is 2. The van der Waals surface area contributed by atoms with Crippen LogP contribution in [0.15, 0.2) is 24.3 Å². The minimum atomic E-state index is -0.136. The third-order valence-electron chi connectivity index (χ3n) is 2.66. The van der Waals surface area contributed by atoms with Crippen molar-refractivity contribution in [3.05, 3.63) is 29.8 Å². The molecule has 4 nitrogen and oxygen atoms in total. The number of aromatic hydroxyl groups is 1. The Morgan fingerprint density at radius 3 is 2.81 bits per heavy atom. The second-order valence-corrected chi connectivity index (χ2v) is 3.91. The molecular weight excluding hydrogens is 206 g/mol. The molecule has 0 unspecified atom stereocenters. The van der Waals surface area contributed by atoms with Crippen LogP contribution in [0.1, 0.15) is 23.2 Å². The smallest absolute Gasteiger partial charge is 0.251 e. The predicted molar refractivity (Wildman–Crippen MR) is 59.4 cm³/mol. The lowest BCUT2D eigenvalue weighted by Crippen LogP contribution is -2.38. The molecule has 0 radical (unpaired) electrons. The number of nitrogens with one attached hydrogen (secondary N) is 1. The molecule has 2 N–H and O–H groups in total. The summed E-state index contributed by atoms with van der Waals surface area (Å²) in [4.78, 5) is 11.8. The number of phenols is 1. The van der Waals surface area contributed by atoms with Crippen LogP contribution in [0.25, 0.3) is 0 Å². The first-order valence-electron chi connectivity index (χ1n) is 5.43. The van der Waals surface area contributed by atoms with E-state index in [0.717, 1.165) is 12.8 Å². The van der Waals surface area contributed by atoms with Gasteiger partial charge in [-0.2, -0.15) is 0 Å². The van der Waals surface area contributed by atoms with E-state index in [1.54, 1.807) is 18.2 Å². The summed E-state index contributed by atoms with van der Waals surface area (Å²) in [6.45, 7) is 1.40. The Hall–Kier alpha value is -1.55. The molecule has 1 aromatic rings. The average molecular weight is 221 g/mol. The summed E-state index contributed by atoms with van der Waals surface area (Å²) < 4.78 is 5.21. The molecule has 0 aromatic heterocycles. The van der Waals surface area contributed by atoms with Crippen molar-refractivity contribution in [2.75, 3.05) is 13.2 Å². The number of hydrogen-bond acceptors (Lipinski definition) is 3. The molecule has 0 aliphatic carbocycles. The fourth-order valence-electron chi connectivity index (χ4n) is 1.76. The molecule has 1 aliphatic rings. The Bertz CT molecular complexity index is 372. The second kappa shape index (κ2) is 4.99. The largest absolute Gasteiger partial charge is 0.508 e. The summed E-state index contributed by atoms with van der Waals surface area (Å²) in [5.41, 5.74) is 0.492. The van der Waals surface area contributed by atoms with Gasteiger partial charge in [0.15, 0.2) is 0 Å². The highest BCUT2D eigenvalue weighted by Crippen LogP contribution is 2.12. The Morgan fingerprint density at radius 2 is 2.12 bits per heavy atom. The summed E-state index contributed by atoms with van der Waals surface area (Å²) in [5, 5.41) is 12.2. The van der Waals surface area contributed by atoms with E-state index in [4.69, 9.17) is 4.74 Å².